The molecule has 24 heavy (non-hydrogen) atoms. The zero-order valence-electron chi connectivity index (χ0n) is 13.7. The molecule has 0 bridgehead atoms. The summed E-state index contributed by atoms with van der Waals surface area (Å²) < 4.78 is 0. The van der Waals surface area contributed by atoms with E-state index in [1.807, 2.05) is 42.5 Å². The van der Waals surface area contributed by atoms with Crippen LogP contribution in [0.25, 0.3) is 12.2 Å². The summed E-state index contributed by atoms with van der Waals surface area (Å²) in [5.41, 5.74) is 2.54. The third kappa shape index (κ3) is 2.48. The van der Waals surface area contributed by atoms with Gasteiger partial charge in [-0.1, -0.05) is 35.9 Å². The zero-order chi connectivity index (χ0) is 16.7. The molecule has 1 N–H and O–H groups in total. The van der Waals surface area contributed by atoms with Gasteiger partial charge in [-0.05, 0) is 67.9 Å². The fourth-order valence-corrected chi connectivity index (χ4v) is 4.22. The molecule has 4 heteroatoms. The molecule has 1 fully saturated rings. The Bertz CT molecular complexity index is 796. The first kappa shape index (κ1) is 15.8. The predicted molar refractivity (Wildman–Crippen MR) is 97.8 cm³/mol. The number of likely N-dealkylation sites (tertiary alicyclic amines) is 1. The summed E-state index contributed by atoms with van der Waals surface area (Å²) in [4.78, 5) is 6.92. The Hall–Kier alpha value is -1.68. The summed E-state index contributed by atoms with van der Waals surface area (Å²) in [5.74, 6) is 0.141. The Morgan fingerprint density at radius 3 is 2.71 bits per heavy atom. The molecule has 0 radical (unpaired) electrons. The van der Waals surface area contributed by atoms with E-state index in [1.165, 1.54) is 0 Å². The number of hydrogen-bond donors (Lipinski definition) is 1. The molecular weight excluding hydrogens is 320 g/mol. The van der Waals surface area contributed by atoms with Gasteiger partial charge in [0.1, 0.15) is 5.60 Å². The average molecular weight is 341 g/mol. The van der Waals surface area contributed by atoms with E-state index in [-0.39, 0.29) is 5.92 Å². The van der Waals surface area contributed by atoms with Crippen LogP contribution in [0, 0.1) is 5.92 Å². The van der Waals surface area contributed by atoms with Gasteiger partial charge in [0.25, 0.3) is 0 Å². The fourth-order valence-electron chi connectivity index (χ4n) is 4.04. The number of fused-ring (bicyclic) bond motifs is 2. The molecule has 2 heterocycles. The number of nitrogens with zero attached hydrogens (tertiary/aromatic N) is 2. The third-order valence-corrected chi connectivity index (χ3v) is 5.61. The molecule has 124 valence electrons. The van der Waals surface area contributed by atoms with Crippen molar-refractivity contribution in [1.29, 1.82) is 0 Å². The first-order chi connectivity index (χ1) is 11.6. The molecular formula is C20H21ClN2O. The Balaban J connectivity index is 1.92. The van der Waals surface area contributed by atoms with Gasteiger partial charge in [-0.15, -0.1) is 0 Å². The molecule has 0 amide bonds. The number of piperidine rings is 1. The van der Waals surface area contributed by atoms with Crippen LogP contribution < -0.4 is 0 Å². The quantitative estimate of drug-likeness (QED) is 0.858. The van der Waals surface area contributed by atoms with Crippen LogP contribution in [0.3, 0.4) is 0 Å². The van der Waals surface area contributed by atoms with Crippen LogP contribution in [0.15, 0.2) is 36.5 Å². The number of rotatable bonds is 1. The molecule has 1 aliphatic carbocycles. The van der Waals surface area contributed by atoms with E-state index in [2.05, 4.69) is 16.9 Å². The van der Waals surface area contributed by atoms with Crippen molar-refractivity contribution in [3.63, 3.8) is 0 Å². The van der Waals surface area contributed by atoms with Gasteiger partial charge in [-0.2, -0.15) is 0 Å². The maximum atomic E-state index is 12.0. The van der Waals surface area contributed by atoms with Gasteiger partial charge in [0.2, 0.25) is 0 Å². The minimum Gasteiger partial charge on any atom is -0.378 e. The van der Waals surface area contributed by atoms with Crippen molar-refractivity contribution in [2.45, 2.75) is 18.4 Å². The molecule has 1 atom stereocenters. The largest absolute Gasteiger partial charge is 0.378 e. The fraction of sp³-hybridized carbons (Fsp3) is 0.350. The molecule has 2 aromatic rings. The SMILES string of the molecule is CN1CCC(C2(O)c3ccc(Cl)cc3C=Cc3cccnc32)CC1. The lowest BCUT2D eigenvalue weighted by atomic mass is 9.72. The van der Waals surface area contributed by atoms with E-state index in [0.29, 0.717) is 5.02 Å². The van der Waals surface area contributed by atoms with E-state index < -0.39 is 5.60 Å². The van der Waals surface area contributed by atoms with Crippen molar-refractivity contribution < 1.29 is 5.11 Å². The summed E-state index contributed by atoms with van der Waals surface area (Å²) in [6, 6.07) is 9.69. The van der Waals surface area contributed by atoms with Gasteiger partial charge in [0, 0.05) is 17.1 Å². The average Bonchev–Trinajstić information content (AvgIpc) is 2.71. The molecule has 1 aromatic heterocycles. The summed E-state index contributed by atoms with van der Waals surface area (Å²) in [6.45, 7) is 1.98. The molecule has 1 aromatic carbocycles. The topological polar surface area (TPSA) is 36.4 Å². The van der Waals surface area contributed by atoms with Crippen molar-refractivity contribution in [2.75, 3.05) is 20.1 Å². The molecule has 1 unspecified atom stereocenters. The van der Waals surface area contributed by atoms with Crippen molar-refractivity contribution in [2.24, 2.45) is 5.92 Å². The minimum absolute atomic E-state index is 0.141. The van der Waals surface area contributed by atoms with Gasteiger partial charge < -0.3 is 10.0 Å². The lowest BCUT2D eigenvalue weighted by Crippen LogP contribution is -2.44. The van der Waals surface area contributed by atoms with Crippen LogP contribution in [0.5, 0.6) is 0 Å². The van der Waals surface area contributed by atoms with Crippen molar-refractivity contribution >= 4 is 23.8 Å². The highest BCUT2D eigenvalue weighted by Crippen LogP contribution is 2.45. The highest BCUT2D eigenvalue weighted by atomic mass is 35.5. The smallest absolute Gasteiger partial charge is 0.135 e. The van der Waals surface area contributed by atoms with Gasteiger partial charge >= 0.3 is 0 Å². The van der Waals surface area contributed by atoms with Crippen LogP contribution in [0.4, 0.5) is 0 Å². The van der Waals surface area contributed by atoms with Crippen molar-refractivity contribution in [3.05, 3.63) is 63.9 Å². The highest BCUT2D eigenvalue weighted by molar-refractivity contribution is 6.30. The van der Waals surface area contributed by atoms with Gasteiger partial charge in [0.05, 0.1) is 5.69 Å². The van der Waals surface area contributed by atoms with Crippen LogP contribution >= 0.6 is 11.6 Å². The Morgan fingerprint density at radius 1 is 1.17 bits per heavy atom. The molecule has 0 saturated carbocycles. The van der Waals surface area contributed by atoms with Gasteiger partial charge in [-0.3, -0.25) is 4.98 Å². The van der Waals surface area contributed by atoms with E-state index in [9.17, 15) is 5.11 Å². The predicted octanol–water partition coefficient (Wildman–Crippen LogP) is 3.80. The first-order valence-corrected chi connectivity index (χ1v) is 8.81. The summed E-state index contributed by atoms with van der Waals surface area (Å²) >= 11 is 6.20. The Kier molecular flexibility index (Phi) is 3.95. The van der Waals surface area contributed by atoms with Gasteiger partial charge in [-0.25, -0.2) is 0 Å². The lowest BCUT2D eigenvalue weighted by molar-refractivity contribution is -0.0144. The van der Waals surface area contributed by atoms with Crippen LogP contribution in [-0.4, -0.2) is 35.1 Å². The van der Waals surface area contributed by atoms with E-state index in [0.717, 1.165) is 48.3 Å². The van der Waals surface area contributed by atoms with Crippen LogP contribution in [0.2, 0.25) is 5.02 Å². The molecule has 3 nitrogen and oxygen atoms in total. The Morgan fingerprint density at radius 2 is 1.92 bits per heavy atom. The maximum Gasteiger partial charge on any atom is 0.135 e. The number of hydrogen-bond acceptors (Lipinski definition) is 3. The number of halogens is 1. The minimum atomic E-state index is -1.08. The molecule has 0 spiro atoms. The number of aromatic nitrogens is 1. The maximum absolute atomic E-state index is 12.0. The molecule has 2 aliphatic rings. The first-order valence-electron chi connectivity index (χ1n) is 8.43. The summed E-state index contributed by atoms with van der Waals surface area (Å²) in [7, 11) is 2.13. The number of pyridine rings is 1. The second-order valence-corrected chi connectivity index (χ2v) is 7.29. The lowest BCUT2D eigenvalue weighted by Gasteiger charge is -2.41. The van der Waals surface area contributed by atoms with Crippen LogP contribution in [-0.2, 0) is 5.60 Å². The third-order valence-electron chi connectivity index (χ3n) is 5.38. The molecule has 1 saturated heterocycles. The normalized spacial score (nSPS) is 24.3. The summed E-state index contributed by atoms with van der Waals surface area (Å²) in [5, 5.41) is 12.7. The monoisotopic (exact) mass is 340 g/mol. The number of benzene rings is 1. The van der Waals surface area contributed by atoms with Crippen molar-refractivity contribution in [3.8, 4) is 0 Å². The second kappa shape index (κ2) is 5.99. The van der Waals surface area contributed by atoms with Gasteiger partial charge in [0.15, 0.2) is 0 Å². The van der Waals surface area contributed by atoms with Crippen LogP contribution in [0.1, 0.15) is 35.2 Å². The standard InChI is InChI=1S/C20H21ClN2O/c1-23-11-8-16(9-12-23)20(24)18-7-6-17(21)13-15(18)5-4-14-3-2-10-22-19(14)20/h2-7,10,13,16,24H,8-9,11-12H2,1H3. The zero-order valence-corrected chi connectivity index (χ0v) is 14.5. The van der Waals surface area contributed by atoms with E-state index in [1.54, 1.807) is 6.20 Å². The van der Waals surface area contributed by atoms with E-state index >= 15 is 0 Å². The molecule has 4 rings (SSSR count). The molecule has 1 aliphatic heterocycles. The van der Waals surface area contributed by atoms with E-state index in [4.69, 9.17) is 11.6 Å². The van der Waals surface area contributed by atoms with Crippen molar-refractivity contribution in [1.82, 2.24) is 9.88 Å². The number of aliphatic hydroxyl groups is 1. The Labute approximate surface area is 147 Å². The highest BCUT2D eigenvalue weighted by Gasteiger charge is 2.45. The second-order valence-electron chi connectivity index (χ2n) is 6.85. The summed E-state index contributed by atoms with van der Waals surface area (Å²) in [6.07, 6.45) is 7.74.